The zero-order valence-corrected chi connectivity index (χ0v) is 13.4. The monoisotopic (exact) mass is 308 g/mol. The van der Waals surface area contributed by atoms with Gasteiger partial charge in [-0.1, -0.05) is 25.5 Å². The molecule has 0 atom stereocenters. The quantitative estimate of drug-likeness (QED) is 0.713. The number of hydrogen-bond acceptors (Lipinski definition) is 2. The predicted molar refractivity (Wildman–Crippen MR) is 84.9 cm³/mol. The van der Waals surface area contributed by atoms with Gasteiger partial charge in [-0.05, 0) is 30.5 Å². The molecule has 1 aromatic rings. The Morgan fingerprint density at radius 1 is 1.18 bits per heavy atom. The zero-order valence-electron chi connectivity index (χ0n) is 13.4. The van der Waals surface area contributed by atoms with Crippen molar-refractivity contribution in [3.63, 3.8) is 0 Å². The van der Waals surface area contributed by atoms with Gasteiger partial charge in [-0.25, -0.2) is 4.39 Å². The van der Waals surface area contributed by atoms with Crippen molar-refractivity contribution in [2.75, 3.05) is 19.6 Å². The van der Waals surface area contributed by atoms with Gasteiger partial charge in [0.05, 0.1) is 0 Å². The Labute approximate surface area is 131 Å². The van der Waals surface area contributed by atoms with Crippen molar-refractivity contribution in [3.05, 3.63) is 35.6 Å². The smallest absolute Gasteiger partial charge is 0.221 e. The molecule has 22 heavy (non-hydrogen) atoms. The summed E-state index contributed by atoms with van der Waals surface area (Å²) < 4.78 is 12.8. The van der Waals surface area contributed by atoms with E-state index in [0.29, 0.717) is 32.5 Å². The van der Waals surface area contributed by atoms with Crippen molar-refractivity contribution in [1.82, 2.24) is 10.2 Å². The molecule has 0 fully saturated rings. The lowest BCUT2D eigenvalue weighted by Gasteiger charge is -2.20. The number of nitrogens with one attached hydrogen (secondary N) is 1. The van der Waals surface area contributed by atoms with E-state index in [1.165, 1.54) is 19.1 Å². The van der Waals surface area contributed by atoms with Gasteiger partial charge >= 0.3 is 0 Å². The second kappa shape index (κ2) is 9.92. The van der Waals surface area contributed by atoms with Crippen molar-refractivity contribution in [2.45, 2.75) is 39.5 Å². The van der Waals surface area contributed by atoms with Gasteiger partial charge in [0.2, 0.25) is 11.8 Å². The molecule has 0 spiro atoms. The molecule has 0 radical (unpaired) electrons. The number of benzene rings is 1. The summed E-state index contributed by atoms with van der Waals surface area (Å²) in [4.78, 5) is 24.9. The van der Waals surface area contributed by atoms with Crippen LogP contribution >= 0.6 is 0 Å². The van der Waals surface area contributed by atoms with E-state index in [1.807, 2.05) is 0 Å². The number of carbonyl (C=O) groups is 2. The van der Waals surface area contributed by atoms with Crippen LogP contribution in [0.15, 0.2) is 24.3 Å². The third-order valence-electron chi connectivity index (χ3n) is 3.49. The van der Waals surface area contributed by atoms with Gasteiger partial charge in [0.25, 0.3) is 0 Å². The van der Waals surface area contributed by atoms with Gasteiger partial charge in [0, 0.05) is 33.0 Å². The fraction of sp³-hybridized carbons (Fsp3) is 0.529. The Balaban J connectivity index is 2.37. The van der Waals surface area contributed by atoms with Gasteiger partial charge in [-0.3, -0.25) is 9.59 Å². The lowest BCUT2D eigenvalue weighted by molar-refractivity contribution is -0.129. The van der Waals surface area contributed by atoms with Crippen LogP contribution in [0.25, 0.3) is 0 Å². The summed E-state index contributed by atoms with van der Waals surface area (Å²) in [6, 6.07) is 6.25. The summed E-state index contributed by atoms with van der Waals surface area (Å²) in [5, 5.41) is 2.84. The topological polar surface area (TPSA) is 49.4 Å². The van der Waals surface area contributed by atoms with E-state index in [0.717, 1.165) is 18.4 Å². The molecule has 4 nitrogen and oxygen atoms in total. The Morgan fingerprint density at radius 2 is 1.86 bits per heavy atom. The number of halogens is 1. The van der Waals surface area contributed by atoms with E-state index in [1.54, 1.807) is 17.0 Å². The van der Waals surface area contributed by atoms with E-state index in [-0.39, 0.29) is 17.6 Å². The molecule has 0 aliphatic heterocycles. The molecule has 5 heteroatoms. The molecule has 0 unspecified atom stereocenters. The van der Waals surface area contributed by atoms with Gasteiger partial charge in [-0.2, -0.15) is 0 Å². The van der Waals surface area contributed by atoms with Crippen LogP contribution in [0.4, 0.5) is 4.39 Å². The fourth-order valence-corrected chi connectivity index (χ4v) is 2.07. The highest BCUT2D eigenvalue weighted by atomic mass is 19.1. The van der Waals surface area contributed by atoms with Crippen LogP contribution in [0.1, 0.15) is 38.7 Å². The molecule has 0 aliphatic rings. The van der Waals surface area contributed by atoms with Crippen molar-refractivity contribution in [1.29, 1.82) is 0 Å². The molecule has 0 aromatic heterocycles. The van der Waals surface area contributed by atoms with Gasteiger partial charge in [0.15, 0.2) is 0 Å². The molecule has 0 saturated carbocycles. The van der Waals surface area contributed by atoms with E-state index in [4.69, 9.17) is 0 Å². The summed E-state index contributed by atoms with van der Waals surface area (Å²) in [7, 11) is 0. The SMILES string of the molecule is CCCCNC(=O)CCN(CCc1ccc(F)cc1)C(C)=O. The summed E-state index contributed by atoms with van der Waals surface area (Å²) in [6.07, 6.45) is 2.97. The largest absolute Gasteiger partial charge is 0.356 e. The minimum atomic E-state index is -0.268. The van der Waals surface area contributed by atoms with E-state index in [2.05, 4.69) is 12.2 Å². The number of nitrogens with zero attached hydrogens (tertiary/aromatic N) is 1. The number of hydrogen-bond donors (Lipinski definition) is 1. The average Bonchev–Trinajstić information content (AvgIpc) is 2.49. The van der Waals surface area contributed by atoms with Gasteiger partial charge in [0.1, 0.15) is 5.82 Å². The summed E-state index contributed by atoms with van der Waals surface area (Å²) in [5.41, 5.74) is 0.972. The van der Waals surface area contributed by atoms with Crippen molar-refractivity contribution in [3.8, 4) is 0 Å². The molecule has 0 heterocycles. The van der Waals surface area contributed by atoms with Crippen LogP contribution in [0.5, 0.6) is 0 Å². The van der Waals surface area contributed by atoms with Crippen LogP contribution in [-0.2, 0) is 16.0 Å². The fourth-order valence-electron chi connectivity index (χ4n) is 2.07. The van der Waals surface area contributed by atoms with Crippen LogP contribution in [0.2, 0.25) is 0 Å². The molecule has 0 saturated heterocycles. The van der Waals surface area contributed by atoms with Gasteiger partial charge in [-0.15, -0.1) is 0 Å². The first-order valence-corrected chi connectivity index (χ1v) is 7.79. The number of amides is 2. The number of unbranched alkanes of at least 4 members (excludes halogenated alkanes) is 1. The average molecular weight is 308 g/mol. The Hall–Kier alpha value is -1.91. The Morgan fingerprint density at radius 3 is 2.45 bits per heavy atom. The zero-order chi connectivity index (χ0) is 16.4. The third kappa shape index (κ3) is 7.20. The van der Waals surface area contributed by atoms with Crippen LogP contribution in [0, 0.1) is 5.82 Å². The normalized spacial score (nSPS) is 10.3. The second-order valence-corrected chi connectivity index (χ2v) is 5.34. The van der Waals surface area contributed by atoms with Crippen LogP contribution < -0.4 is 5.32 Å². The number of rotatable bonds is 9. The van der Waals surface area contributed by atoms with Crippen LogP contribution in [0.3, 0.4) is 0 Å². The third-order valence-corrected chi connectivity index (χ3v) is 3.49. The molecule has 2 amide bonds. The van der Waals surface area contributed by atoms with Crippen molar-refractivity contribution in [2.24, 2.45) is 0 Å². The number of carbonyl (C=O) groups excluding carboxylic acids is 2. The highest BCUT2D eigenvalue weighted by Crippen LogP contribution is 2.05. The lowest BCUT2D eigenvalue weighted by Crippen LogP contribution is -2.35. The first-order chi connectivity index (χ1) is 10.5. The molecule has 122 valence electrons. The van der Waals surface area contributed by atoms with Gasteiger partial charge < -0.3 is 10.2 Å². The van der Waals surface area contributed by atoms with Crippen molar-refractivity contribution < 1.29 is 14.0 Å². The maximum absolute atomic E-state index is 12.8. The molecule has 1 aromatic carbocycles. The van der Waals surface area contributed by atoms with Crippen LogP contribution in [-0.4, -0.2) is 36.3 Å². The molecular weight excluding hydrogens is 283 g/mol. The molecular formula is C17H25FN2O2. The Kier molecular flexibility index (Phi) is 8.18. The molecule has 1 N–H and O–H groups in total. The first kappa shape index (κ1) is 18.1. The minimum Gasteiger partial charge on any atom is -0.356 e. The standard InChI is InChI=1S/C17H25FN2O2/c1-3-4-11-19-17(22)10-13-20(14(2)21)12-9-15-5-7-16(18)8-6-15/h5-8H,3-4,9-13H2,1-2H3,(H,19,22). The predicted octanol–water partition coefficient (Wildman–Crippen LogP) is 2.52. The summed E-state index contributed by atoms with van der Waals surface area (Å²) in [6.45, 7) is 5.20. The minimum absolute atomic E-state index is 0.0264. The molecule has 1 rings (SSSR count). The van der Waals surface area contributed by atoms with E-state index in [9.17, 15) is 14.0 Å². The van der Waals surface area contributed by atoms with Crippen molar-refractivity contribution >= 4 is 11.8 Å². The molecule has 0 aliphatic carbocycles. The highest BCUT2D eigenvalue weighted by molar-refractivity contribution is 5.77. The van der Waals surface area contributed by atoms with E-state index >= 15 is 0 Å². The second-order valence-electron chi connectivity index (χ2n) is 5.34. The Bertz CT molecular complexity index is 474. The lowest BCUT2D eigenvalue weighted by atomic mass is 10.1. The maximum Gasteiger partial charge on any atom is 0.221 e. The summed E-state index contributed by atoms with van der Waals surface area (Å²) >= 11 is 0. The first-order valence-electron chi connectivity index (χ1n) is 7.79. The highest BCUT2D eigenvalue weighted by Gasteiger charge is 2.11. The summed E-state index contributed by atoms with van der Waals surface area (Å²) in [5.74, 6) is -0.346. The molecule has 0 bridgehead atoms. The maximum atomic E-state index is 12.8. The van der Waals surface area contributed by atoms with E-state index < -0.39 is 0 Å².